The highest BCUT2D eigenvalue weighted by Gasteiger charge is 2.19. The van der Waals surface area contributed by atoms with Gasteiger partial charge >= 0.3 is 0 Å². The summed E-state index contributed by atoms with van der Waals surface area (Å²) < 4.78 is 6.36. The van der Waals surface area contributed by atoms with E-state index in [1.807, 2.05) is 60.7 Å². The predicted octanol–water partition coefficient (Wildman–Crippen LogP) is 11.4. The van der Waals surface area contributed by atoms with Crippen LogP contribution >= 0.6 is 0 Å². The fraction of sp³-hybridized carbons (Fsp3) is 0. The van der Waals surface area contributed by atoms with E-state index in [9.17, 15) is 4.79 Å². The van der Waals surface area contributed by atoms with Crippen LogP contribution in [0.15, 0.2) is 187 Å². The van der Waals surface area contributed by atoms with Gasteiger partial charge in [0.15, 0.2) is 0 Å². The topological polar surface area (TPSA) is 44.8 Å². The number of benzene rings is 7. The summed E-state index contributed by atoms with van der Waals surface area (Å²) in [7, 11) is 0. The molecule has 11 aromatic rings. The minimum atomic E-state index is -0.0836. The lowest BCUT2D eigenvalue weighted by molar-refractivity contribution is 1.05. The number of fused-ring (bicyclic) bond motifs is 9. The van der Waals surface area contributed by atoms with Crippen molar-refractivity contribution < 1.29 is 0 Å². The second-order valence-electron chi connectivity index (χ2n) is 13.6. The van der Waals surface area contributed by atoms with Gasteiger partial charge in [-0.2, -0.15) is 0 Å². The number of para-hydroxylation sites is 5. The molecule has 0 N–H and O–H groups in total. The van der Waals surface area contributed by atoms with Gasteiger partial charge < -0.3 is 4.57 Å². The average Bonchev–Trinajstić information content (AvgIpc) is 3.74. The largest absolute Gasteiger partial charge is 0.309 e. The Morgan fingerprint density at radius 1 is 0.340 bits per heavy atom. The van der Waals surface area contributed by atoms with Crippen molar-refractivity contribution in [1.82, 2.24) is 18.7 Å². The molecule has 0 unspecified atom stereocenters. The van der Waals surface area contributed by atoms with Gasteiger partial charge in [-0.05, 0) is 90.0 Å². The first kappa shape index (κ1) is 29.5. The van der Waals surface area contributed by atoms with Gasteiger partial charge in [-0.1, -0.05) is 103 Å². The molecular weight excluding hydrogens is 649 g/mol. The normalized spacial score (nSPS) is 11.8. The number of nitrogens with zero attached hydrogens (tertiary/aromatic N) is 4. The molecule has 0 amide bonds. The van der Waals surface area contributed by atoms with Crippen molar-refractivity contribution in [3.8, 4) is 28.3 Å². The average molecular weight is 679 g/mol. The van der Waals surface area contributed by atoms with Gasteiger partial charge in [0.25, 0.3) is 5.56 Å². The maximum atomic E-state index is 14.1. The van der Waals surface area contributed by atoms with Crippen molar-refractivity contribution in [3.63, 3.8) is 0 Å². The lowest BCUT2D eigenvalue weighted by atomic mass is 10.0. The molecule has 0 aliphatic rings. The summed E-state index contributed by atoms with van der Waals surface area (Å²) in [4.78, 5) is 19.3. The summed E-state index contributed by atoms with van der Waals surface area (Å²) in [6, 6.07) is 63.0. The maximum absolute atomic E-state index is 14.1. The summed E-state index contributed by atoms with van der Waals surface area (Å²) in [6.07, 6.45) is 0. The smallest absolute Gasteiger partial charge is 0.265 e. The SMILES string of the molecule is O=c1c2ccc(-n3c4ccccc4c4cc(-c5ccc6c(c5)c5ccccc5n6-c5ccccc5)ccc43)nc2c2ccccc2n1-c1ccccc1. The fourth-order valence-electron chi connectivity index (χ4n) is 8.29. The highest BCUT2D eigenvalue weighted by Crippen LogP contribution is 2.38. The van der Waals surface area contributed by atoms with E-state index in [1.54, 1.807) is 4.57 Å². The molecule has 5 nitrogen and oxygen atoms in total. The molecule has 4 aromatic heterocycles. The monoisotopic (exact) mass is 678 g/mol. The number of hydrogen-bond donors (Lipinski definition) is 0. The van der Waals surface area contributed by atoms with Crippen molar-refractivity contribution in [3.05, 3.63) is 192 Å². The van der Waals surface area contributed by atoms with Gasteiger partial charge in [0, 0.05) is 38.3 Å². The van der Waals surface area contributed by atoms with Crippen LogP contribution in [0.4, 0.5) is 0 Å². The van der Waals surface area contributed by atoms with Gasteiger partial charge in [0.05, 0.1) is 38.5 Å². The van der Waals surface area contributed by atoms with E-state index in [4.69, 9.17) is 4.98 Å². The third-order valence-corrected chi connectivity index (χ3v) is 10.7. The van der Waals surface area contributed by atoms with Crippen LogP contribution in [0.5, 0.6) is 0 Å². The Balaban J connectivity index is 1.10. The Hall–Kier alpha value is -7.24. The molecule has 0 aliphatic heterocycles. The second kappa shape index (κ2) is 11.4. The van der Waals surface area contributed by atoms with Crippen LogP contribution in [0, 0.1) is 0 Å². The minimum absolute atomic E-state index is 0.0836. The molecule has 7 aromatic carbocycles. The Bertz CT molecular complexity index is 3300. The van der Waals surface area contributed by atoms with Crippen LogP contribution in [0.25, 0.3) is 93.7 Å². The molecule has 0 saturated heterocycles. The van der Waals surface area contributed by atoms with Crippen LogP contribution in [-0.2, 0) is 0 Å². The van der Waals surface area contributed by atoms with Crippen LogP contribution in [0.2, 0.25) is 0 Å². The number of pyridine rings is 2. The molecule has 11 rings (SSSR count). The molecule has 0 atom stereocenters. The van der Waals surface area contributed by atoms with Crippen molar-refractivity contribution in [2.24, 2.45) is 0 Å². The van der Waals surface area contributed by atoms with Crippen LogP contribution in [0.3, 0.4) is 0 Å². The van der Waals surface area contributed by atoms with Crippen molar-refractivity contribution in [2.45, 2.75) is 0 Å². The Morgan fingerprint density at radius 3 is 1.40 bits per heavy atom. The summed E-state index contributed by atoms with van der Waals surface area (Å²) >= 11 is 0. The van der Waals surface area contributed by atoms with Gasteiger partial charge in [-0.25, -0.2) is 4.98 Å². The lowest BCUT2D eigenvalue weighted by Crippen LogP contribution is -2.19. The predicted molar refractivity (Wildman–Crippen MR) is 219 cm³/mol. The molecule has 0 radical (unpaired) electrons. The highest BCUT2D eigenvalue weighted by molar-refractivity contribution is 6.13. The third-order valence-electron chi connectivity index (χ3n) is 10.7. The molecule has 5 heteroatoms. The van der Waals surface area contributed by atoms with E-state index in [-0.39, 0.29) is 5.56 Å². The fourth-order valence-corrected chi connectivity index (χ4v) is 8.29. The van der Waals surface area contributed by atoms with E-state index in [0.29, 0.717) is 10.9 Å². The second-order valence-corrected chi connectivity index (χ2v) is 13.6. The highest BCUT2D eigenvalue weighted by atomic mass is 16.1. The Labute approximate surface area is 303 Å². The molecule has 0 bridgehead atoms. The van der Waals surface area contributed by atoms with Gasteiger partial charge in [0.2, 0.25) is 0 Å². The van der Waals surface area contributed by atoms with E-state index in [1.165, 1.54) is 21.8 Å². The number of hydrogen-bond acceptors (Lipinski definition) is 2. The summed E-state index contributed by atoms with van der Waals surface area (Å²) in [5.41, 5.74) is 10.2. The molecule has 0 saturated carbocycles. The first-order chi connectivity index (χ1) is 26.2. The maximum Gasteiger partial charge on any atom is 0.265 e. The lowest BCUT2D eigenvalue weighted by Gasteiger charge is -2.14. The number of rotatable bonds is 4. The van der Waals surface area contributed by atoms with Gasteiger partial charge in [-0.15, -0.1) is 0 Å². The molecular formula is C48H30N4O. The molecule has 0 aliphatic carbocycles. The van der Waals surface area contributed by atoms with E-state index in [2.05, 4.69) is 130 Å². The molecule has 0 spiro atoms. The van der Waals surface area contributed by atoms with Crippen LogP contribution < -0.4 is 5.56 Å². The standard InChI is InChI=1S/C48H30N4O/c53-48-38-25-28-46(49-47(38)37-19-9-12-22-43(37)51(48)34-15-5-2-6-16-34)52-42-21-11-8-18-36(42)40-30-32(24-27-45(40)52)31-23-26-44-39(29-31)35-17-7-10-20-41(35)50(44)33-13-3-1-4-14-33/h1-30H. The first-order valence-electron chi connectivity index (χ1n) is 17.9. The van der Waals surface area contributed by atoms with Crippen molar-refractivity contribution in [1.29, 1.82) is 0 Å². The summed E-state index contributed by atoms with van der Waals surface area (Å²) in [6.45, 7) is 0. The summed E-state index contributed by atoms with van der Waals surface area (Å²) in [5.74, 6) is 0.772. The third kappa shape index (κ3) is 4.38. The zero-order chi connectivity index (χ0) is 35.0. The quantitative estimate of drug-likeness (QED) is 0.174. The van der Waals surface area contributed by atoms with E-state index >= 15 is 0 Å². The zero-order valence-corrected chi connectivity index (χ0v) is 28.5. The minimum Gasteiger partial charge on any atom is -0.309 e. The first-order valence-corrected chi connectivity index (χ1v) is 17.9. The van der Waals surface area contributed by atoms with E-state index in [0.717, 1.165) is 61.0 Å². The molecule has 248 valence electrons. The van der Waals surface area contributed by atoms with Gasteiger partial charge in [-0.3, -0.25) is 13.9 Å². The molecule has 0 fully saturated rings. The number of aromatic nitrogens is 4. The van der Waals surface area contributed by atoms with Crippen molar-refractivity contribution >= 4 is 65.4 Å². The molecule has 4 heterocycles. The summed E-state index contributed by atoms with van der Waals surface area (Å²) in [5, 5.41) is 6.27. The Kier molecular flexibility index (Phi) is 6.34. The molecule has 53 heavy (non-hydrogen) atoms. The van der Waals surface area contributed by atoms with Gasteiger partial charge in [0.1, 0.15) is 5.82 Å². The Morgan fingerprint density at radius 2 is 0.792 bits per heavy atom. The van der Waals surface area contributed by atoms with Crippen molar-refractivity contribution in [2.75, 3.05) is 0 Å². The van der Waals surface area contributed by atoms with E-state index < -0.39 is 0 Å². The van der Waals surface area contributed by atoms with Crippen LogP contribution in [0.1, 0.15) is 0 Å². The zero-order valence-electron chi connectivity index (χ0n) is 28.5. The van der Waals surface area contributed by atoms with Crippen LogP contribution in [-0.4, -0.2) is 18.7 Å².